The van der Waals surface area contributed by atoms with Gasteiger partial charge in [0.25, 0.3) is 0 Å². The van der Waals surface area contributed by atoms with Crippen molar-refractivity contribution >= 4 is 17.7 Å². The van der Waals surface area contributed by atoms with Gasteiger partial charge in [0.15, 0.2) is 0 Å². The quantitative estimate of drug-likeness (QED) is 0.207. The summed E-state index contributed by atoms with van der Waals surface area (Å²) in [7, 11) is 0. The van der Waals surface area contributed by atoms with Gasteiger partial charge in [-0.15, -0.1) is 0 Å². The van der Waals surface area contributed by atoms with Gasteiger partial charge < -0.3 is 9.47 Å². The fourth-order valence-corrected chi connectivity index (χ4v) is 5.21. The van der Waals surface area contributed by atoms with E-state index in [1.54, 1.807) is 29.2 Å². The molecule has 1 aliphatic rings. The first-order chi connectivity index (χ1) is 18.6. The summed E-state index contributed by atoms with van der Waals surface area (Å²) < 4.78 is 11.2. The Balaban J connectivity index is 1.49. The van der Waals surface area contributed by atoms with Gasteiger partial charge in [-0.05, 0) is 83.2 Å². The zero-order chi connectivity index (χ0) is 28.0. The highest BCUT2D eigenvalue weighted by Crippen LogP contribution is 2.46. The highest BCUT2D eigenvalue weighted by atomic mass is 16.6. The second-order valence-electron chi connectivity index (χ2n) is 11.8. The molecule has 1 aliphatic carbocycles. The first-order valence-electron chi connectivity index (χ1n) is 14.1. The molecule has 3 aromatic rings. The molecule has 0 fully saturated rings. The van der Waals surface area contributed by atoms with E-state index < -0.39 is 12.1 Å². The lowest BCUT2D eigenvalue weighted by Gasteiger charge is -2.42. The molecule has 5 heteroatoms. The van der Waals surface area contributed by atoms with Crippen LogP contribution in [0.4, 0.5) is 10.5 Å². The van der Waals surface area contributed by atoms with E-state index >= 15 is 0 Å². The van der Waals surface area contributed by atoms with Crippen molar-refractivity contribution in [3.05, 3.63) is 95.1 Å². The maximum Gasteiger partial charge on any atom is 0.419 e. The summed E-state index contributed by atoms with van der Waals surface area (Å²) in [5.74, 6) is -0.0305. The molecule has 0 bridgehead atoms. The number of carbonyl (C=O) groups is 2. The van der Waals surface area contributed by atoms with Crippen LogP contribution in [0.3, 0.4) is 0 Å². The van der Waals surface area contributed by atoms with Crippen molar-refractivity contribution in [1.29, 1.82) is 0 Å². The fourth-order valence-electron chi connectivity index (χ4n) is 5.21. The number of benzene rings is 3. The summed E-state index contributed by atoms with van der Waals surface area (Å²) in [5, 5.41) is 0. The summed E-state index contributed by atoms with van der Waals surface area (Å²) in [5.41, 5.74) is 5.02. The van der Waals surface area contributed by atoms with Gasteiger partial charge >= 0.3 is 12.1 Å². The summed E-state index contributed by atoms with van der Waals surface area (Å²) in [6.45, 7) is 12.1. The van der Waals surface area contributed by atoms with Gasteiger partial charge in [0, 0.05) is 12.2 Å². The van der Waals surface area contributed by atoms with Gasteiger partial charge in [-0.1, -0.05) is 83.9 Å². The van der Waals surface area contributed by atoms with Crippen LogP contribution in [0, 0.1) is 0 Å². The van der Waals surface area contributed by atoms with E-state index in [1.165, 1.54) is 11.1 Å². The second kappa shape index (κ2) is 12.1. The van der Waals surface area contributed by atoms with Gasteiger partial charge in [-0.3, -0.25) is 4.90 Å². The number of carbonyl (C=O) groups excluding carboxylic acids is 2. The molecule has 1 amide bonds. The summed E-state index contributed by atoms with van der Waals surface area (Å²) >= 11 is 0. The predicted octanol–water partition coefficient (Wildman–Crippen LogP) is 8.59. The average Bonchev–Trinajstić information content (AvgIpc) is 2.93. The smallest absolute Gasteiger partial charge is 0.419 e. The van der Waals surface area contributed by atoms with Crippen LogP contribution in [0.5, 0.6) is 5.75 Å². The Hall–Kier alpha value is -3.60. The molecule has 0 spiro atoms. The lowest BCUT2D eigenvalue weighted by Crippen LogP contribution is -2.37. The Morgan fingerprint density at radius 2 is 1.49 bits per heavy atom. The number of fused-ring (bicyclic) bond motifs is 1. The number of esters is 1. The van der Waals surface area contributed by atoms with Crippen LogP contribution in [0.25, 0.3) is 0 Å². The molecule has 0 atom stereocenters. The van der Waals surface area contributed by atoms with E-state index in [2.05, 4.69) is 52.8 Å². The second-order valence-corrected chi connectivity index (χ2v) is 11.8. The van der Waals surface area contributed by atoms with Crippen LogP contribution in [0.15, 0.2) is 72.8 Å². The van der Waals surface area contributed by atoms with Crippen molar-refractivity contribution in [2.75, 3.05) is 11.4 Å². The molecule has 206 valence electrons. The van der Waals surface area contributed by atoms with Crippen molar-refractivity contribution in [3.8, 4) is 5.75 Å². The van der Waals surface area contributed by atoms with Crippen molar-refractivity contribution < 1.29 is 19.1 Å². The first kappa shape index (κ1) is 28.4. The molecule has 0 heterocycles. The molecule has 0 unspecified atom stereocenters. The summed E-state index contributed by atoms with van der Waals surface area (Å²) in [4.78, 5) is 27.7. The molecule has 3 aromatic carbocycles. The number of ether oxygens (including phenoxy) is 2. The molecular formula is C34H41NO4. The molecule has 4 rings (SSSR count). The Kier molecular flexibility index (Phi) is 8.79. The number of hydrogen-bond acceptors (Lipinski definition) is 4. The molecular weight excluding hydrogens is 486 g/mol. The Morgan fingerprint density at radius 3 is 2.15 bits per heavy atom. The summed E-state index contributed by atoms with van der Waals surface area (Å²) in [6.07, 6.45) is 4.83. The molecule has 0 radical (unpaired) electrons. The standard InChI is InChI=1S/C34H41NO4/c1-6-7-11-22-35(27-16-19-29-30(23-27)34(4,5)21-20-33(29,2)3)32(37)39-28-17-14-26(15-18-28)31(36)38-24-25-12-9-8-10-13-25/h8-10,12-19,23H,6-7,11,20-22,24H2,1-5H3. The fraction of sp³-hybridized carbons (Fsp3) is 0.412. The molecule has 0 aromatic heterocycles. The first-order valence-corrected chi connectivity index (χ1v) is 14.1. The minimum atomic E-state index is -0.419. The van der Waals surface area contributed by atoms with Gasteiger partial charge in [-0.2, -0.15) is 0 Å². The summed E-state index contributed by atoms with van der Waals surface area (Å²) in [6, 6.07) is 22.5. The largest absolute Gasteiger partial charge is 0.457 e. The van der Waals surface area contributed by atoms with E-state index in [9.17, 15) is 9.59 Å². The Bertz CT molecular complexity index is 1280. The van der Waals surface area contributed by atoms with Crippen molar-refractivity contribution in [3.63, 3.8) is 0 Å². The van der Waals surface area contributed by atoms with Crippen molar-refractivity contribution in [1.82, 2.24) is 0 Å². The third-order valence-electron chi connectivity index (χ3n) is 7.86. The molecule has 5 nitrogen and oxygen atoms in total. The number of anilines is 1. The number of hydrogen-bond donors (Lipinski definition) is 0. The number of nitrogens with zero attached hydrogens (tertiary/aromatic N) is 1. The average molecular weight is 528 g/mol. The molecule has 0 saturated carbocycles. The van der Waals surface area contributed by atoms with Crippen LogP contribution in [-0.2, 0) is 22.2 Å². The Labute approximate surface area is 233 Å². The van der Waals surface area contributed by atoms with E-state index in [4.69, 9.17) is 9.47 Å². The van der Waals surface area contributed by atoms with Gasteiger partial charge in [0.1, 0.15) is 12.4 Å². The maximum atomic E-state index is 13.5. The van der Waals surface area contributed by atoms with Crippen LogP contribution in [-0.4, -0.2) is 18.6 Å². The van der Waals surface area contributed by atoms with Crippen molar-refractivity contribution in [2.45, 2.75) is 84.2 Å². The minimum Gasteiger partial charge on any atom is -0.457 e. The van der Waals surface area contributed by atoms with Crippen molar-refractivity contribution in [2.24, 2.45) is 0 Å². The number of rotatable bonds is 9. The number of unbranched alkanes of at least 4 members (excludes halogenated alkanes) is 2. The van der Waals surface area contributed by atoms with Crippen LogP contribution < -0.4 is 9.64 Å². The topological polar surface area (TPSA) is 55.8 Å². The van der Waals surface area contributed by atoms with Crippen LogP contribution in [0.2, 0.25) is 0 Å². The zero-order valence-corrected chi connectivity index (χ0v) is 24.0. The van der Waals surface area contributed by atoms with Crippen LogP contribution >= 0.6 is 0 Å². The molecule has 0 aliphatic heterocycles. The zero-order valence-electron chi connectivity index (χ0n) is 24.0. The highest BCUT2D eigenvalue weighted by molar-refractivity contribution is 5.91. The molecule has 0 N–H and O–H groups in total. The van der Waals surface area contributed by atoms with Gasteiger partial charge in [0.05, 0.1) is 5.56 Å². The van der Waals surface area contributed by atoms with E-state index in [0.29, 0.717) is 17.9 Å². The molecule has 0 saturated heterocycles. The normalized spacial score (nSPS) is 15.2. The van der Waals surface area contributed by atoms with E-state index in [1.807, 2.05) is 30.3 Å². The third-order valence-corrected chi connectivity index (χ3v) is 7.86. The monoisotopic (exact) mass is 527 g/mol. The minimum absolute atomic E-state index is 0.0464. The van der Waals surface area contributed by atoms with Gasteiger partial charge in [-0.25, -0.2) is 9.59 Å². The Morgan fingerprint density at radius 1 is 0.821 bits per heavy atom. The lowest BCUT2D eigenvalue weighted by atomic mass is 9.63. The maximum absolute atomic E-state index is 13.5. The lowest BCUT2D eigenvalue weighted by molar-refractivity contribution is 0.0472. The van der Waals surface area contributed by atoms with Gasteiger partial charge in [0.2, 0.25) is 0 Å². The SMILES string of the molecule is CCCCCN(C(=O)Oc1ccc(C(=O)OCc2ccccc2)cc1)c1ccc2c(c1)C(C)(C)CCC2(C)C. The predicted molar refractivity (Wildman–Crippen MR) is 157 cm³/mol. The highest BCUT2D eigenvalue weighted by Gasteiger charge is 2.37. The molecule has 39 heavy (non-hydrogen) atoms. The number of amides is 1. The third kappa shape index (κ3) is 6.89. The van der Waals surface area contributed by atoms with E-state index in [-0.39, 0.29) is 17.4 Å². The van der Waals surface area contributed by atoms with E-state index in [0.717, 1.165) is 43.4 Å². The van der Waals surface area contributed by atoms with Crippen LogP contribution in [0.1, 0.15) is 93.8 Å².